The van der Waals surface area contributed by atoms with Crippen molar-refractivity contribution in [1.82, 2.24) is 21.1 Å². The molecule has 1 aromatic rings. The van der Waals surface area contributed by atoms with Crippen LogP contribution >= 0.6 is 0 Å². The number of rotatable bonds is 9. The van der Waals surface area contributed by atoms with Gasteiger partial charge in [0, 0.05) is 38.9 Å². The first-order valence-corrected chi connectivity index (χ1v) is 11.3. The standard InChI is InChI=1S/C22H36N4O3/c1-16(27)24-9-10-25-22(28)13-18-7-8-23-15-19(18)12-20-14-21(29-26-20)11-17-5-3-2-4-6-17/h14,17-19,23H,2-13,15H2,1H3,(H,24,27)(H,25,28)/t18-,19-/m0/s1. The Hall–Kier alpha value is -1.89. The van der Waals surface area contributed by atoms with Crippen LogP contribution in [-0.4, -0.2) is 43.2 Å². The summed E-state index contributed by atoms with van der Waals surface area (Å²) in [6.07, 6.45) is 10.1. The first-order chi connectivity index (χ1) is 14.1. The Bertz CT molecular complexity index is 654. The molecule has 0 spiro atoms. The number of nitrogens with one attached hydrogen (secondary N) is 3. The highest BCUT2D eigenvalue weighted by Gasteiger charge is 2.28. The van der Waals surface area contributed by atoms with E-state index in [1.165, 1.54) is 39.0 Å². The van der Waals surface area contributed by atoms with Gasteiger partial charge in [0.1, 0.15) is 5.76 Å². The maximum atomic E-state index is 12.3. The Balaban J connectivity index is 1.45. The highest BCUT2D eigenvalue weighted by atomic mass is 16.5. The van der Waals surface area contributed by atoms with E-state index in [0.717, 1.165) is 49.7 Å². The molecule has 0 unspecified atom stereocenters. The van der Waals surface area contributed by atoms with E-state index in [1.54, 1.807) is 0 Å². The quantitative estimate of drug-likeness (QED) is 0.549. The van der Waals surface area contributed by atoms with E-state index < -0.39 is 0 Å². The van der Waals surface area contributed by atoms with Crippen LogP contribution in [0, 0.1) is 17.8 Å². The highest BCUT2D eigenvalue weighted by molar-refractivity contribution is 5.76. The monoisotopic (exact) mass is 404 g/mol. The van der Waals surface area contributed by atoms with E-state index in [1.807, 2.05) is 0 Å². The molecule has 1 aliphatic carbocycles. The van der Waals surface area contributed by atoms with Crippen molar-refractivity contribution in [3.63, 3.8) is 0 Å². The molecule has 1 aliphatic heterocycles. The molecule has 7 heteroatoms. The summed E-state index contributed by atoms with van der Waals surface area (Å²) in [7, 11) is 0. The predicted octanol–water partition coefficient (Wildman–Crippen LogP) is 2.21. The van der Waals surface area contributed by atoms with Crippen LogP contribution in [0.25, 0.3) is 0 Å². The van der Waals surface area contributed by atoms with Gasteiger partial charge in [0.25, 0.3) is 0 Å². The molecule has 0 radical (unpaired) electrons. The number of amides is 2. The van der Waals surface area contributed by atoms with Crippen LogP contribution in [0.4, 0.5) is 0 Å². The molecule has 29 heavy (non-hydrogen) atoms. The number of nitrogens with zero attached hydrogens (tertiary/aromatic N) is 1. The molecule has 0 aromatic carbocycles. The van der Waals surface area contributed by atoms with E-state index in [2.05, 4.69) is 27.2 Å². The minimum Gasteiger partial charge on any atom is -0.361 e. The second-order valence-corrected chi connectivity index (χ2v) is 8.75. The van der Waals surface area contributed by atoms with Gasteiger partial charge in [0.15, 0.2) is 0 Å². The maximum absolute atomic E-state index is 12.3. The van der Waals surface area contributed by atoms with Crippen LogP contribution in [0.1, 0.15) is 63.3 Å². The Kier molecular flexibility index (Phi) is 8.52. The van der Waals surface area contributed by atoms with Crippen molar-refractivity contribution in [2.24, 2.45) is 17.8 Å². The van der Waals surface area contributed by atoms with Crippen LogP contribution in [0.5, 0.6) is 0 Å². The van der Waals surface area contributed by atoms with E-state index >= 15 is 0 Å². The second kappa shape index (κ2) is 11.3. The van der Waals surface area contributed by atoms with Crippen LogP contribution in [0.2, 0.25) is 0 Å². The van der Waals surface area contributed by atoms with Crippen molar-refractivity contribution in [3.8, 4) is 0 Å². The first kappa shape index (κ1) is 21.8. The summed E-state index contributed by atoms with van der Waals surface area (Å²) in [4.78, 5) is 23.2. The molecule has 1 saturated heterocycles. The van der Waals surface area contributed by atoms with E-state index in [9.17, 15) is 9.59 Å². The topological polar surface area (TPSA) is 96.3 Å². The van der Waals surface area contributed by atoms with Crippen LogP contribution in [0.3, 0.4) is 0 Å². The summed E-state index contributed by atoms with van der Waals surface area (Å²) in [6, 6.07) is 2.13. The third-order valence-electron chi connectivity index (χ3n) is 6.33. The van der Waals surface area contributed by atoms with Crippen LogP contribution in [-0.2, 0) is 22.4 Å². The van der Waals surface area contributed by atoms with Crippen molar-refractivity contribution in [3.05, 3.63) is 17.5 Å². The molecule has 2 fully saturated rings. The Labute approximate surface area is 173 Å². The predicted molar refractivity (Wildman–Crippen MR) is 111 cm³/mol. The van der Waals surface area contributed by atoms with Gasteiger partial charge in [-0.05, 0) is 43.7 Å². The number of aromatic nitrogens is 1. The average Bonchev–Trinajstić information content (AvgIpc) is 3.14. The zero-order valence-corrected chi connectivity index (χ0v) is 17.7. The SMILES string of the molecule is CC(=O)NCCNC(=O)C[C@@H]1CCNC[C@@H]1Cc1cc(CC2CCCCC2)on1. The van der Waals surface area contributed by atoms with Crippen molar-refractivity contribution in [2.75, 3.05) is 26.2 Å². The van der Waals surface area contributed by atoms with Crippen molar-refractivity contribution >= 4 is 11.8 Å². The van der Waals surface area contributed by atoms with Crippen LogP contribution < -0.4 is 16.0 Å². The molecule has 2 atom stereocenters. The molecule has 2 heterocycles. The lowest BCUT2D eigenvalue weighted by Crippen LogP contribution is -2.41. The number of hydrogen-bond acceptors (Lipinski definition) is 5. The second-order valence-electron chi connectivity index (χ2n) is 8.75. The van der Waals surface area contributed by atoms with Gasteiger partial charge in [-0.1, -0.05) is 37.3 Å². The fourth-order valence-electron chi connectivity index (χ4n) is 4.73. The molecule has 162 valence electrons. The fraction of sp³-hybridized carbons (Fsp3) is 0.773. The van der Waals surface area contributed by atoms with Gasteiger partial charge in [-0.25, -0.2) is 0 Å². The molecule has 1 saturated carbocycles. The molecule has 2 aliphatic rings. The van der Waals surface area contributed by atoms with Crippen LogP contribution in [0.15, 0.2) is 10.6 Å². The lowest BCUT2D eigenvalue weighted by atomic mass is 9.81. The third-order valence-corrected chi connectivity index (χ3v) is 6.33. The third kappa shape index (κ3) is 7.46. The molecule has 3 rings (SSSR count). The summed E-state index contributed by atoms with van der Waals surface area (Å²) < 4.78 is 5.63. The van der Waals surface area contributed by atoms with E-state index in [0.29, 0.717) is 31.3 Å². The van der Waals surface area contributed by atoms with Gasteiger partial charge in [0.2, 0.25) is 11.8 Å². The summed E-state index contributed by atoms with van der Waals surface area (Å²) in [5.74, 6) is 2.48. The maximum Gasteiger partial charge on any atom is 0.220 e. The van der Waals surface area contributed by atoms with E-state index in [-0.39, 0.29) is 11.8 Å². The lowest BCUT2D eigenvalue weighted by molar-refractivity contribution is -0.123. The summed E-state index contributed by atoms with van der Waals surface area (Å²) >= 11 is 0. The average molecular weight is 405 g/mol. The normalized spacial score (nSPS) is 22.9. The zero-order valence-electron chi connectivity index (χ0n) is 17.7. The van der Waals surface area contributed by atoms with Gasteiger partial charge in [0.05, 0.1) is 5.69 Å². The number of carbonyl (C=O) groups excluding carboxylic acids is 2. The molecule has 1 aromatic heterocycles. The van der Waals surface area contributed by atoms with Gasteiger partial charge >= 0.3 is 0 Å². The summed E-state index contributed by atoms with van der Waals surface area (Å²) in [5.41, 5.74) is 1.01. The molecule has 3 N–H and O–H groups in total. The largest absolute Gasteiger partial charge is 0.361 e. The first-order valence-electron chi connectivity index (χ1n) is 11.3. The number of hydrogen-bond donors (Lipinski definition) is 3. The minimum atomic E-state index is -0.0758. The Morgan fingerprint density at radius 3 is 2.69 bits per heavy atom. The molecule has 0 bridgehead atoms. The number of carbonyl (C=O) groups is 2. The molecular formula is C22H36N4O3. The molecular weight excluding hydrogens is 368 g/mol. The van der Waals surface area contributed by atoms with Gasteiger partial charge in [-0.3, -0.25) is 9.59 Å². The highest BCUT2D eigenvalue weighted by Crippen LogP contribution is 2.29. The smallest absolute Gasteiger partial charge is 0.220 e. The molecule has 2 amide bonds. The molecule has 7 nitrogen and oxygen atoms in total. The summed E-state index contributed by atoms with van der Waals surface area (Å²) in [6.45, 7) is 4.29. The Morgan fingerprint density at radius 1 is 1.10 bits per heavy atom. The van der Waals surface area contributed by atoms with Gasteiger partial charge < -0.3 is 20.5 Å². The van der Waals surface area contributed by atoms with Crippen molar-refractivity contribution in [2.45, 2.75) is 64.7 Å². The Morgan fingerprint density at radius 2 is 1.90 bits per heavy atom. The van der Waals surface area contributed by atoms with Crippen molar-refractivity contribution in [1.29, 1.82) is 0 Å². The summed E-state index contributed by atoms with van der Waals surface area (Å²) in [5, 5.41) is 13.4. The zero-order chi connectivity index (χ0) is 20.5. The van der Waals surface area contributed by atoms with Crippen molar-refractivity contribution < 1.29 is 14.1 Å². The van der Waals surface area contributed by atoms with Gasteiger partial charge in [-0.15, -0.1) is 0 Å². The fourth-order valence-corrected chi connectivity index (χ4v) is 4.73. The van der Waals surface area contributed by atoms with Gasteiger partial charge in [-0.2, -0.15) is 0 Å². The number of piperidine rings is 1. The minimum absolute atomic E-state index is 0.0605. The lowest BCUT2D eigenvalue weighted by Gasteiger charge is -2.31. The van der Waals surface area contributed by atoms with E-state index in [4.69, 9.17) is 4.52 Å².